The number of para-hydroxylation sites is 1. The first-order chi connectivity index (χ1) is 13.1. The van der Waals surface area contributed by atoms with Gasteiger partial charge in [0.05, 0.1) is 0 Å². The summed E-state index contributed by atoms with van der Waals surface area (Å²) in [4.78, 5) is 12.8. The van der Waals surface area contributed by atoms with Gasteiger partial charge in [-0.2, -0.15) is 0 Å². The van der Waals surface area contributed by atoms with Crippen LogP contribution in [-0.4, -0.2) is 20.7 Å². The van der Waals surface area contributed by atoms with E-state index in [-0.39, 0.29) is 11.9 Å². The molecule has 3 rings (SSSR count). The Kier molecular flexibility index (Phi) is 6.36. The van der Waals surface area contributed by atoms with Gasteiger partial charge in [-0.3, -0.25) is 9.36 Å². The van der Waals surface area contributed by atoms with E-state index in [4.69, 9.17) is 17.3 Å². The quantitative estimate of drug-likeness (QED) is 0.573. The highest BCUT2D eigenvalue weighted by atomic mass is 35.5. The molecule has 1 heterocycles. The molecule has 1 unspecified atom stereocenters. The molecule has 0 aliphatic rings. The number of aromatic nitrogens is 3. The summed E-state index contributed by atoms with van der Waals surface area (Å²) in [7, 11) is 0. The van der Waals surface area contributed by atoms with Crippen molar-refractivity contribution in [1.82, 2.24) is 14.8 Å². The Morgan fingerprint density at radius 1 is 1.19 bits per heavy atom. The topological polar surface area (TPSA) is 85.8 Å². The predicted molar refractivity (Wildman–Crippen MR) is 110 cm³/mol. The third kappa shape index (κ3) is 4.61. The van der Waals surface area contributed by atoms with Crippen molar-refractivity contribution >= 4 is 40.9 Å². The van der Waals surface area contributed by atoms with Gasteiger partial charge in [0.1, 0.15) is 6.04 Å². The molecule has 0 saturated heterocycles. The summed E-state index contributed by atoms with van der Waals surface area (Å²) in [6.45, 7) is 1.93. The van der Waals surface area contributed by atoms with Gasteiger partial charge >= 0.3 is 0 Å². The van der Waals surface area contributed by atoms with E-state index in [0.717, 1.165) is 11.3 Å². The molecule has 0 bridgehead atoms. The summed E-state index contributed by atoms with van der Waals surface area (Å²) in [5.74, 6) is 0.663. The molecule has 27 heavy (non-hydrogen) atoms. The minimum absolute atomic E-state index is 0.158. The Labute approximate surface area is 167 Å². The molecule has 1 amide bonds. The van der Waals surface area contributed by atoms with Gasteiger partial charge in [-0.05, 0) is 30.2 Å². The van der Waals surface area contributed by atoms with Crippen molar-refractivity contribution < 1.29 is 4.79 Å². The number of benzene rings is 2. The van der Waals surface area contributed by atoms with Crippen LogP contribution in [0.5, 0.6) is 0 Å². The SMILES string of the molecule is CCC(C(=O)Nc1ccccc1)n1c(N)nnc1SCc1ccccc1Cl. The Hall–Kier alpha value is -2.51. The van der Waals surface area contributed by atoms with Crippen LogP contribution in [-0.2, 0) is 10.5 Å². The number of carbonyl (C=O) groups excluding carboxylic acids is 1. The summed E-state index contributed by atoms with van der Waals surface area (Å²) in [6, 6.07) is 16.4. The summed E-state index contributed by atoms with van der Waals surface area (Å²) >= 11 is 7.67. The van der Waals surface area contributed by atoms with Crippen molar-refractivity contribution in [3.05, 3.63) is 65.2 Å². The van der Waals surface area contributed by atoms with E-state index in [0.29, 0.717) is 22.4 Å². The molecule has 0 spiro atoms. The molecule has 6 nitrogen and oxygen atoms in total. The van der Waals surface area contributed by atoms with E-state index in [1.807, 2.05) is 61.5 Å². The highest BCUT2D eigenvalue weighted by Crippen LogP contribution is 2.30. The van der Waals surface area contributed by atoms with Crippen LogP contribution < -0.4 is 11.1 Å². The summed E-state index contributed by atoms with van der Waals surface area (Å²) in [6.07, 6.45) is 0.556. The zero-order valence-corrected chi connectivity index (χ0v) is 16.4. The molecular formula is C19H20ClN5OS. The number of hydrogen-bond acceptors (Lipinski definition) is 5. The third-order valence-corrected chi connectivity index (χ3v) is 5.41. The molecule has 3 aromatic rings. The fourth-order valence-electron chi connectivity index (χ4n) is 2.67. The van der Waals surface area contributed by atoms with Crippen LogP contribution in [0.2, 0.25) is 5.02 Å². The molecule has 1 atom stereocenters. The van der Waals surface area contributed by atoms with Crippen molar-refractivity contribution in [1.29, 1.82) is 0 Å². The van der Waals surface area contributed by atoms with Gasteiger partial charge in [0.2, 0.25) is 11.9 Å². The number of hydrogen-bond donors (Lipinski definition) is 2. The lowest BCUT2D eigenvalue weighted by molar-refractivity contribution is -0.119. The van der Waals surface area contributed by atoms with Crippen molar-refractivity contribution in [2.45, 2.75) is 30.3 Å². The second-order valence-corrected chi connectivity index (χ2v) is 7.22. The fraction of sp³-hybridized carbons (Fsp3) is 0.211. The molecule has 3 N–H and O–H groups in total. The molecule has 140 valence electrons. The minimum atomic E-state index is -0.506. The number of nitrogens with one attached hydrogen (secondary N) is 1. The highest BCUT2D eigenvalue weighted by Gasteiger charge is 2.25. The van der Waals surface area contributed by atoms with E-state index >= 15 is 0 Å². The number of carbonyl (C=O) groups is 1. The predicted octanol–water partition coefficient (Wildman–Crippen LogP) is 4.40. The van der Waals surface area contributed by atoms with E-state index in [9.17, 15) is 4.79 Å². The molecule has 0 saturated carbocycles. The Balaban J connectivity index is 1.79. The second kappa shape index (κ2) is 8.92. The number of nitrogens with zero attached hydrogens (tertiary/aromatic N) is 3. The fourth-order valence-corrected chi connectivity index (χ4v) is 3.95. The highest BCUT2D eigenvalue weighted by molar-refractivity contribution is 7.98. The van der Waals surface area contributed by atoms with E-state index in [1.54, 1.807) is 4.57 Å². The Bertz CT molecular complexity index is 915. The van der Waals surface area contributed by atoms with Gasteiger partial charge in [0, 0.05) is 16.5 Å². The van der Waals surface area contributed by atoms with E-state index < -0.39 is 6.04 Å². The summed E-state index contributed by atoms with van der Waals surface area (Å²) in [5.41, 5.74) is 7.74. The van der Waals surface area contributed by atoms with E-state index in [2.05, 4.69) is 15.5 Å². The van der Waals surface area contributed by atoms with E-state index in [1.165, 1.54) is 11.8 Å². The maximum atomic E-state index is 12.8. The number of nitrogens with two attached hydrogens (primary N) is 1. The maximum absolute atomic E-state index is 12.8. The van der Waals surface area contributed by atoms with Crippen molar-refractivity contribution in [3.63, 3.8) is 0 Å². The number of nitrogen functional groups attached to an aromatic ring is 1. The molecular weight excluding hydrogens is 382 g/mol. The zero-order valence-electron chi connectivity index (χ0n) is 14.8. The normalized spacial score (nSPS) is 11.9. The third-order valence-electron chi connectivity index (χ3n) is 4.05. The van der Waals surface area contributed by atoms with Gasteiger partial charge in [-0.15, -0.1) is 10.2 Å². The van der Waals surface area contributed by atoms with Gasteiger partial charge < -0.3 is 11.1 Å². The first kappa shape index (κ1) is 19.3. The Morgan fingerprint density at radius 2 is 1.89 bits per heavy atom. The van der Waals surface area contributed by atoms with Gasteiger partial charge in [-0.1, -0.05) is 66.7 Å². The number of halogens is 1. The average molecular weight is 402 g/mol. The standard InChI is InChI=1S/C19H20ClN5OS/c1-2-16(17(26)22-14-9-4-3-5-10-14)25-18(21)23-24-19(25)27-12-13-8-6-7-11-15(13)20/h3-11,16H,2,12H2,1H3,(H2,21,23)(H,22,26). The number of anilines is 2. The average Bonchev–Trinajstić information content (AvgIpc) is 3.03. The zero-order chi connectivity index (χ0) is 19.2. The molecule has 0 radical (unpaired) electrons. The first-order valence-corrected chi connectivity index (χ1v) is 9.89. The largest absolute Gasteiger partial charge is 0.368 e. The van der Waals surface area contributed by atoms with Crippen molar-refractivity contribution in [2.24, 2.45) is 0 Å². The number of amides is 1. The van der Waals surface area contributed by atoms with Crippen LogP contribution >= 0.6 is 23.4 Å². The minimum Gasteiger partial charge on any atom is -0.368 e. The van der Waals surface area contributed by atoms with Crippen LogP contribution in [0.4, 0.5) is 11.6 Å². The Morgan fingerprint density at radius 3 is 2.59 bits per heavy atom. The van der Waals surface area contributed by atoms with Crippen LogP contribution in [0.15, 0.2) is 59.8 Å². The molecule has 1 aromatic heterocycles. The first-order valence-electron chi connectivity index (χ1n) is 8.52. The van der Waals surface area contributed by atoms with Crippen LogP contribution in [0.1, 0.15) is 24.9 Å². The summed E-state index contributed by atoms with van der Waals surface area (Å²) in [5, 5.41) is 12.3. The summed E-state index contributed by atoms with van der Waals surface area (Å²) < 4.78 is 1.68. The molecule has 2 aromatic carbocycles. The molecule has 8 heteroatoms. The lowest BCUT2D eigenvalue weighted by Gasteiger charge is -2.19. The maximum Gasteiger partial charge on any atom is 0.247 e. The van der Waals surface area contributed by atoms with Gasteiger partial charge in [0.25, 0.3) is 0 Å². The lowest BCUT2D eigenvalue weighted by Crippen LogP contribution is -2.27. The van der Waals surface area contributed by atoms with Crippen LogP contribution in [0.3, 0.4) is 0 Å². The van der Waals surface area contributed by atoms with Crippen molar-refractivity contribution in [3.8, 4) is 0 Å². The van der Waals surface area contributed by atoms with Crippen LogP contribution in [0, 0.1) is 0 Å². The number of thioether (sulfide) groups is 1. The lowest BCUT2D eigenvalue weighted by atomic mass is 10.2. The molecule has 0 aliphatic carbocycles. The molecule has 0 aliphatic heterocycles. The monoisotopic (exact) mass is 401 g/mol. The smallest absolute Gasteiger partial charge is 0.247 e. The number of rotatable bonds is 7. The molecule has 0 fully saturated rings. The van der Waals surface area contributed by atoms with Gasteiger partial charge in [0.15, 0.2) is 5.16 Å². The van der Waals surface area contributed by atoms with Gasteiger partial charge in [-0.25, -0.2) is 0 Å². The second-order valence-electron chi connectivity index (χ2n) is 5.87. The van der Waals surface area contributed by atoms with Crippen LogP contribution in [0.25, 0.3) is 0 Å². The van der Waals surface area contributed by atoms with Crippen molar-refractivity contribution in [2.75, 3.05) is 11.1 Å².